The zero-order valence-electron chi connectivity index (χ0n) is 15.0. The van der Waals surface area contributed by atoms with E-state index in [4.69, 9.17) is 0 Å². The summed E-state index contributed by atoms with van der Waals surface area (Å²) < 4.78 is 14.7. The standard InChI is InChI=1S/C19H17FN4OS3/c1-13-5-7-14(8-6-13)11-26-18-23-24-19(28-18)27-12-17(25)22-21-10-15-3-2-4-16(20)9-15/h2-10H,11-12H2,1H3,(H,22,25)/b21-10-. The van der Waals surface area contributed by atoms with E-state index >= 15 is 0 Å². The second kappa shape index (κ2) is 10.4. The Morgan fingerprint density at radius 2 is 1.93 bits per heavy atom. The maximum atomic E-state index is 13.1. The van der Waals surface area contributed by atoms with E-state index in [0.717, 1.165) is 14.4 Å². The molecule has 0 spiro atoms. The molecule has 3 aromatic rings. The summed E-state index contributed by atoms with van der Waals surface area (Å²) in [6.07, 6.45) is 1.40. The van der Waals surface area contributed by atoms with Gasteiger partial charge in [0, 0.05) is 5.75 Å². The lowest BCUT2D eigenvalue weighted by molar-refractivity contribution is -0.118. The third-order valence-electron chi connectivity index (χ3n) is 3.45. The van der Waals surface area contributed by atoms with E-state index in [1.165, 1.54) is 52.6 Å². The van der Waals surface area contributed by atoms with E-state index in [1.54, 1.807) is 23.9 Å². The second-order valence-electron chi connectivity index (χ2n) is 5.75. The molecule has 2 aromatic carbocycles. The van der Waals surface area contributed by atoms with E-state index in [-0.39, 0.29) is 17.5 Å². The molecule has 0 bridgehead atoms. The first-order valence-corrected chi connectivity index (χ1v) is 11.1. The van der Waals surface area contributed by atoms with Crippen molar-refractivity contribution >= 4 is 47.0 Å². The molecule has 0 fully saturated rings. The summed E-state index contributed by atoms with van der Waals surface area (Å²) in [5.41, 5.74) is 5.46. The Balaban J connectivity index is 1.41. The number of nitrogens with zero attached hydrogens (tertiary/aromatic N) is 3. The van der Waals surface area contributed by atoms with Gasteiger partial charge in [-0.25, -0.2) is 9.82 Å². The third kappa shape index (κ3) is 6.74. The van der Waals surface area contributed by atoms with Crippen molar-refractivity contribution in [3.8, 4) is 0 Å². The van der Waals surface area contributed by atoms with Crippen LogP contribution in [0.1, 0.15) is 16.7 Å². The highest BCUT2D eigenvalue weighted by Gasteiger charge is 2.08. The van der Waals surface area contributed by atoms with Gasteiger partial charge >= 0.3 is 0 Å². The van der Waals surface area contributed by atoms with Crippen LogP contribution in [0.25, 0.3) is 0 Å². The number of hydrogen-bond acceptors (Lipinski definition) is 7. The van der Waals surface area contributed by atoms with Crippen molar-refractivity contribution < 1.29 is 9.18 Å². The lowest BCUT2D eigenvalue weighted by Crippen LogP contribution is -2.19. The fourth-order valence-corrected chi connectivity index (χ4v) is 4.84. The molecular weight excluding hydrogens is 415 g/mol. The Hall–Kier alpha value is -2.23. The van der Waals surface area contributed by atoms with Gasteiger partial charge < -0.3 is 0 Å². The molecule has 0 unspecified atom stereocenters. The zero-order valence-corrected chi connectivity index (χ0v) is 17.4. The van der Waals surface area contributed by atoms with Gasteiger partial charge in [-0.1, -0.05) is 76.8 Å². The van der Waals surface area contributed by atoms with Gasteiger partial charge in [0.15, 0.2) is 8.68 Å². The zero-order chi connectivity index (χ0) is 19.8. The van der Waals surface area contributed by atoms with Gasteiger partial charge in [-0.15, -0.1) is 10.2 Å². The van der Waals surface area contributed by atoms with Crippen molar-refractivity contribution in [2.24, 2.45) is 5.10 Å². The maximum absolute atomic E-state index is 13.1. The topological polar surface area (TPSA) is 67.2 Å². The molecule has 0 aliphatic carbocycles. The lowest BCUT2D eigenvalue weighted by atomic mass is 10.2. The molecule has 28 heavy (non-hydrogen) atoms. The number of carbonyl (C=O) groups excluding carboxylic acids is 1. The summed E-state index contributed by atoms with van der Waals surface area (Å²) in [7, 11) is 0. The smallest absolute Gasteiger partial charge is 0.250 e. The summed E-state index contributed by atoms with van der Waals surface area (Å²) >= 11 is 4.39. The highest BCUT2D eigenvalue weighted by atomic mass is 32.2. The molecule has 0 atom stereocenters. The number of amides is 1. The molecule has 1 aromatic heterocycles. The van der Waals surface area contributed by atoms with Crippen LogP contribution in [0.2, 0.25) is 0 Å². The lowest BCUT2D eigenvalue weighted by Gasteiger charge is -1.99. The maximum Gasteiger partial charge on any atom is 0.250 e. The number of rotatable bonds is 8. The van der Waals surface area contributed by atoms with Crippen LogP contribution < -0.4 is 5.43 Å². The fraction of sp³-hybridized carbons (Fsp3) is 0.158. The van der Waals surface area contributed by atoms with Crippen LogP contribution in [0.3, 0.4) is 0 Å². The first-order valence-electron chi connectivity index (χ1n) is 8.30. The van der Waals surface area contributed by atoms with Crippen LogP contribution in [0.4, 0.5) is 4.39 Å². The minimum atomic E-state index is -0.349. The van der Waals surface area contributed by atoms with Crippen LogP contribution >= 0.6 is 34.9 Å². The first kappa shape index (κ1) is 20.5. The summed E-state index contributed by atoms with van der Waals surface area (Å²) in [4.78, 5) is 11.8. The van der Waals surface area contributed by atoms with Crippen molar-refractivity contribution in [3.05, 3.63) is 71.0 Å². The molecule has 0 aliphatic heterocycles. The molecule has 0 radical (unpaired) electrons. The highest BCUT2D eigenvalue weighted by Crippen LogP contribution is 2.30. The Labute approximate surface area is 174 Å². The number of aryl methyl sites for hydroxylation is 1. The van der Waals surface area contributed by atoms with Crippen LogP contribution in [0, 0.1) is 12.7 Å². The Morgan fingerprint density at radius 1 is 1.18 bits per heavy atom. The van der Waals surface area contributed by atoms with Gasteiger partial charge in [-0.05, 0) is 30.2 Å². The molecule has 0 saturated carbocycles. The van der Waals surface area contributed by atoms with Crippen molar-refractivity contribution in [1.82, 2.24) is 15.6 Å². The van der Waals surface area contributed by atoms with E-state index in [2.05, 4.69) is 51.9 Å². The normalized spacial score (nSPS) is 11.1. The van der Waals surface area contributed by atoms with Gasteiger partial charge in [0.05, 0.1) is 12.0 Å². The molecule has 0 aliphatic rings. The summed E-state index contributed by atoms with van der Waals surface area (Å²) in [5.74, 6) is 0.395. The second-order valence-corrected chi connectivity index (χ2v) is 9.17. The van der Waals surface area contributed by atoms with E-state index in [0.29, 0.717) is 5.56 Å². The molecule has 3 rings (SSSR count). The van der Waals surface area contributed by atoms with Crippen LogP contribution in [0.5, 0.6) is 0 Å². The number of benzene rings is 2. The van der Waals surface area contributed by atoms with Gasteiger partial charge in [0.25, 0.3) is 5.91 Å². The predicted octanol–water partition coefficient (Wildman–Crippen LogP) is 4.52. The van der Waals surface area contributed by atoms with Crippen molar-refractivity contribution in [2.45, 2.75) is 21.4 Å². The quantitative estimate of drug-likeness (QED) is 0.322. The van der Waals surface area contributed by atoms with Gasteiger partial charge in [-0.3, -0.25) is 4.79 Å². The van der Waals surface area contributed by atoms with E-state index < -0.39 is 0 Å². The SMILES string of the molecule is Cc1ccc(CSc2nnc(SCC(=O)N/N=C\c3cccc(F)c3)s2)cc1. The van der Waals surface area contributed by atoms with Crippen molar-refractivity contribution in [2.75, 3.05) is 5.75 Å². The largest absolute Gasteiger partial charge is 0.272 e. The molecule has 1 heterocycles. The molecule has 1 N–H and O–H groups in total. The molecule has 9 heteroatoms. The molecule has 5 nitrogen and oxygen atoms in total. The Morgan fingerprint density at radius 3 is 2.68 bits per heavy atom. The van der Waals surface area contributed by atoms with Crippen LogP contribution in [0.15, 0.2) is 62.3 Å². The highest BCUT2D eigenvalue weighted by molar-refractivity contribution is 8.03. The molecule has 1 amide bonds. The Bertz CT molecular complexity index is 960. The van der Waals surface area contributed by atoms with Gasteiger partial charge in [0.2, 0.25) is 0 Å². The minimum absolute atomic E-state index is 0.178. The summed E-state index contributed by atoms with van der Waals surface area (Å²) in [5, 5.41) is 12.1. The third-order valence-corrected chi connectivity index (χ3v) is 6.71. The number of aromatic nitrogens is 2. The number of carbonyl (C=O) groups is 1. The molecular formula is C19H17FN4OS3. The summed E-state index contributed by atoms with van der Waals surface area (Å²) in [6.45, 7) is 2.06. The fourth-order valence-electron chi connectivity index (χ4n) is 2.07. The average molecular weight is 433 g/mol. The number of halogens is 1. The van der Waals surface area contributed by atoms with Crippen LogP contribution in [-0.4, -0.2) is 28.1 Å². The molecule has 144 valence electrons. The van der Waals surface area contributed by atoms with Crippen molar-refractivity contribution in [1.29, 1.82) is 0 Å². The predicted molar refractivity (Wildman–Crippen MR) is 114 cm³/mol. The number of thioether (sulfide) groups is 2. The number of hydrogen-bond donors (Lipinski definition) is 1. The first-order chi connectivity index (χ1) is 13.6. The average Bonchev–Trinajstić information content (AvgIpc) is 3.14. The van der Waals surface area contributed by atoms with Gasteiger partial charge in [-0.2, -0.15) is 5.10 Å². The van der Waals surface area contributed by atoms with Crippen LogP contribution in [-0.2, 0) is 10.5 Å². The molecule has 0 saturated heterocycles. The Kier molecular flexibility index (Phi) is 7.58. The van der Waals surface area contributed by atoms with Gasteiger partial charge in [0.1, 0.15) is 5.82 Å². The minimum Gasteiger partial charge on any atom is -0.272 e. The van der Waals surface area contributed by atoms with E-state index in [9.17, 15) is 9.18 Å². The number of nitrogens with one attached hydrogen (secondary N) is 1. The number of hydrazone groups is 1. The monoisotopic (exact) mass is 432 g/mol. The van der Waals surface area contributed by atoms with Crippen molar-refractivity contribution in [3.63, 3.8) is 0 Å². The summed E-state index contributed by atoms with van der Waals surface area (Å²) in [6, 6.07) is 14.4. The van der Waals surface area contributed by atoms with E-state index in [1.807, 2.05) is 0 Å².